The van der Waals surface area contributed by atoms with Crippen LogP contribution in [0.3, 0.4) is 0 Å². The number of nitrogens with one attached hydrogen (secondary N) is 1. The monoisotopic (exact) mass is 395 g/mol. The molecule has 1 amide bonds. The molecule has 0 radical (unpaired) electrons. The summed E-state index contributed by atoms with van der Waals surface area (Å²) in [6.45, 7) is -0.0200. The number of aliphatic hydroxyl groups is 3. The number of nitrogens with zero attached hydrogens (tertiary/aromatic N) is 2. The van der Waals surface area contributed by atoms with Crippen molar-refractivity contribution in [2.45, 2.75) is 37.6 Å². The van der Waals surface area contributed by atoms with E-state index in [2.05, 4.69) is 15.0 Å². The Morgan fingerprint density at radius 3 is 2.59 bits per heavy atom. The zero-order valence-corrected chi connectivity index (χ0v) is 14.1. The van der Waals surface area contributed by atoms with Crippen LogP contribution in [0.1, 0.15) is 6.92 Å². The van der Waals surface area contributed by atoms with E-state index in [0.717, 1.165) is 12.3 Å². The van der Waals surface area contributed by atoms with Crippen LogP contribution in [0.25, 0.3) is 0 Å². The van der Waals surface area contributed by atoms with Gasteiger partial charge in [0.05, 0.1) is 6.61 Å². The van der Waals surface area contributed by atoms with Gasteiger partial charge in [0.15, 0.2) is 6.10 Å². The Labute approximate surface area is 151 Å². The average molecular weight is 395 g/mol. The summed E-state index contributed by atoms with van der Waals surface area (Å²) in [5.41, 5.74) is 0. The summed E-state index contributed by atoms with van der Waals surface area (Å²) in [6.07, 6.45) is -6.60. The predicted molar refractivity (Wildman–Crippen MR) is 82.2 cm³/mol. The molecule has 13 heteroatoms. The number of carbonyl (C=O) groups is 2. The molecule has 2 rings (SSSR count). The maximum atomic E-state index is 14.1. The van der Waals surface area contributed by atoms with Gasteiger partial charge in [0, 0.05) is 13.1 Å². The van der Waals surface area contributed by atoms with Crippen molar-refractivity contribution in [1.29, 1.82) is 0 Å². The van der Waals surface area contributed by atoms with E-state index in [-0.39, 0.29) is 19.0 Å². The third-order valence-corrected chi connectivity index (χ3v) is 3.61. The third-order valence-electron chi connectivity index (χ3n) is 3.61. The maximum absolute atomic E-state index is 14.1. The molecule has 152 valence electrons. The highest BCUT2D eigenvalue weighted by Gasteiger charge is 2.61. The van der Waals surface area contributed by atoms with Crippen LogP contribution in [0.4, 0.5) is 13.6 Å². The number of halogens is 2. The Morgan fingerprint density at radius 1 is 1.37 bits per heavy atom. The molecule has 4 N–H and O–H groups in total. The van der Waals surface area contributed by atoms with Crippen molar-refractivity contribution < 1.29 is 47.9 Å². The first-order chi connectivity index (χ1) is 12.7. The van der Waals surface area contributed by atoms with E-state index in [1.54, 1.807) is 0 Å². The smallest absolute Gasteiger partial charge is 0.412 e. The largest absolute Gasteiger partial charge is 0.462 e. The SMILES string of the molecule is CC(=O)OCCOC(=O)NC1=NC(O)N([C@@H]2OC(CO)[C@@H](O)C2(F)F)C=C1. The first kappa shape index (κ1) is 21.0. The summed E-state index contributed by atoms with van der Waals surface area (Å²) in [7, 11) is 0. The van der Waals surface area contributed by atoms with Gasteiger partial charge in [-0.2, -0.15) is 8.78 Å². The van der Waals surface area contributed by atoms with Crippen LogP contribution in [0.2, 0.25) is 0 Å². The molecule has 0 aliphatic carbocycles. The molecule has 27 heavy (non-hydrogen) atoms. The minimum Gasteiger partial charge on any atom is -0.462 e. The summed E-state index contributed by atoms with van der Waals surface area (Å²) in [6, 6.07) is 0. The van der Waals surface area contributed by atoms with Gasteiger partial charge in [-0.25, -0.2) is 9.79 Å². The lowest BCUT2D eigenvalue weighted by Gasteiger charge is -2.34. The molecular formula is C14H19F2N3O8. The topological polar surface area (TPSA) is 150 Å². The van der Waals surface area contributed by atoms with Gasteiger partial charge in [0.2, 0.25) is 12.6 Å². The fourth-order valence-electron chi connectivity index (χ4n) is 2.34. The fraction of sp³-hybridized carbons (Fsp3) is 0.643. The minimum atomic E-state index is -3.78. The second-order valence-corrected chi connectivity index (χ2v) is 5.55. The van der Waals surface area contributed by atoms with Crippen molar-refractivity contribution in [3.8, 4) is 0 Å². The Kier molecular flexibility index (Phi) is 6.64. The Bertz CT molecular complexity index is 629. The average Bonchev–Trinajstić information content (AvgIpc) is 2.82. The molecule has 0 aromatic rings. The number of aliphatic hydroxyl groups excluding tert-OH is 3. The number of alkyl halides is 2. The van der Waals surface area contributed by atoms with Gasteiger partial charge in [0.1, 0.15) is 25.2 Å². The quantitative estimate of drug-likeness (QED) is 0.322. The molecule has 0 bridgehead atoms. The zero-order valence-electron chi connectivity index (χ0n) is 14.1. The molecule has 4 atom stereocenters. The number of aliphatic imine (C=N–C) groups is 1. The number of hydrogen-bond donors (Lipinski definition) is 4. The van der Waals surface area contributed by atoms with Crippen molar-refractivity contribution in [2.75, 3.05) is 19.8 Å². The van der Waals surface area contributed by atoms with Crippen molar-refractivity contribution in [1.82, 2.24) is 10.2 Å². The van der Waals surface area contributed by atoms with Gasteiger partial charge in [-0.3, -0.25) is 10.1 Å². The highest BCUT2D eigenvalue weighted by atomic mass is 19.3. The lowest BCUT2D eigenvalue weighted by atomic mass is 10.1. The molecule has 1 saturated heterocycles. The van der Waals surface area contributed by atoms with Crippen molar-refractivity contribution in [2.24, 2.45) is 4.99 Å². The Balaban J connectivity index is 1.91. The molecule has 0 aromatic carbocycles. The number of hydrogen-bond acceptors (Lipinski definition) is 10. The van der Waals surface area contributed by atoms with E-state index >= 15 is 0 Å². The van der Waals surface area contributed by atoms with Gasteiger partial charge in [-0.1, -0.05) is 0 Å². The van der Waals surface area contributed by atoms with E-state index in [1.165, 1.54) is 6.92 Å². The van der Waals surface area contributed by atoms with Crippen LogP contribution in [-0.4, -0.2) is 88.6 Å². The van der Waals surface area contributed by atoms with Crippen LogP contribution >= 0.6 is 0 Å². The number of amidine groups is 1. The summed E-state index contributed by atoms with van der Waals surface area (Å²) in [4.78, 5) is 26.3. The number of esters is 1. The maximum Gasteiger partial charge on any atom is 0.412 e. The van der Waals surface area contributed by atoms with Gasteiger partial charge in [-0.15, -0.1) is 0 Å². The van der Waals surface area contributed by atoms with Crippen molar-refractivity contribution in [3.63, 3.8) is 0 Å². The number of ether oxygens (including phenoxy) is 3. The predicted octanol–water partition coefficient (Wildman–Crippen LogP) is -1.51. The molecule has 2 heterocycles. The van der Waals surface area contributed by atoms with Crippen LogP contribution < -0.4 is 5.32 Å². The van der Waals surface area contributed by atoms with E-state index in [0.29, 0.717) is 4.90 Å². The van der Waals surface area contributed by atoms with Crippen molar-refractivity contribution in [3.05, 3.63) is 12.3 Å². The molecule has 2 aliphatic rings. The van der Waals surface area contributed by atoms with Gasteiger partial charge in [-0.05, 0) is 6.08 Å². The lowest BCUT2D eigenvalue weighted by Crippen LogP contribution is -2.52. The van der Waals surface area contributed by atoms with Crippen LogP contribution in [0.5, 0.6) is 0 Å². The van der Waals surface area contributed by atoms with Gasteiger partial charge < -0.3 is 34.4 Å². The van der Waals surface area contributed by atoms with E-state index in [1.807, 2.05) is 0 Å². The summed E-state index contributed by atoms with van der Waals surface area (Å²) in [5.74, 6) is -4.51. The second-order valence-electron chi connectivity index (χ2n) is 5.55. The third kappa shape index (κ3) is 4.88. The summed E-state index contributed by atoms with van der Waals surface area (Å²) >= 11 is 0. The summed E-state index contributed by atoms with van der Waals surface area (Å²) in [5, 5.41) is 30.6. The summed E-state index contributed by atoms with van der Waals surface area (Å²) < 4.78 is 42.3. The second kappa shape index (κ2) is 8.56. The number of rotatable bonds is 5. The molecule has 2 unspecified atom stereocenters. The first-order valence-corrected chi connectivity index (χ1v) is 7.77. The number of carbonyl (C=O) groups excluding carboxylic acids is 2. The van der Waals surface area contributed by atoms with Gasteiger partial charge >= 0.3 is 18.0 Å². The highest BCUT2D eigenvalue weighted by molar-refractivity contribution is 6.02. The van der Waals surface area contributed by atoms with Crippen molar-refractivity contribution >= 4 is 17.9 Å². The van der Waals surface area contributed by atoms with E-state index < -0.39 is 49.4 Å². The highest BCUT2D eigenvalue weighted by Crippen LogP contribution is 2.39. The standard InChI is InChI=1S/C14H19F2N3O8/c1-7(21)25-4-5-26-13(24)18-9-2-3-19(12(23)17-9)11-14(15,16)10(22)8(6-20)27-11/h2-3,8,10-12,20,22-23H,4-6H2,1H3,(H,17,18,24)/t8?,10-,11-,12?/m1/s1. The molecule has 11 nitrogen and oxygen atoms in total. The Hall–Kier alpha value is -2.35. The molecule has 1 fully saturated rings. The molecule has 0 aromatic heterocycles. The molecular weight excluding hydrogens is 376 g/mol. The molecule has 0 saturated carbocycles. The zero-order chi connectivity index (χ0) is 20.2. The van der Waals surface area contributed by atoms with Crippen LogP contribution in [0, 0.1) is 0 Å². The van der Waals surface area contributed by atoms with E-state index in [9.17, 15) is 28.6 Å². The normalized spacial score (nSPS) is 29.3. The molecule has 0 spiro atoms. The van der Waals surface area contributed by atoms with Crippen LogP contribution in [0.15, 0.2) is 17.3 Å². The number of amides is 1. The van der Waals surface area contributed by atoms with Gasteiger partial charge in [0.25, 0.3) is 0 Å². The Morgan fingerprint density at radius 2 is 2.04 bits per heavy atom. The lowest BCUT2D eigenvalue weighted by molar-refractivity contribution is -0.186. The number of alkyl carbamates (subject to hydrolysis) is 1. The molecule has 2 aliphatic heterocycles. The first-order valence-electron chi connectivity index (χ1n) is 7.77. The van der Waals surface area contributed by atoms with Crippen LogP contribution in [-0.2, 0) is 19.0 Å². The fourth-order valence-corrected chi connectivity index (χ4v) is 2.34. The van der Waals surface area contributed by atoms with E-state index in [4.69, 9.17) is 14.6 Å². The minimum absolute atomic E-state index is 0.149.